The first kappa shape index (κ1) is 17.1. The summed E-state index contributed by atoms with van der Waals surface area (Å²) in [5.74, 6) is 0.740. The van der Waals surface area contributed by atoms with Gasteiger partial charge in [-0.05, 0) is 49.2 Å². The van der Waals surface area contributed by atoms with Crippen molar-refractivity contribution in [2.75, 3.05) is 6.61 Å². The molecule has 0 spiro atoms. The van der Waals surface area contributed by atoms with Gasteiger partial charge in [0.1, 0.15) is 11.5 Å². The lowest BCUT2D eigenvalue weighted by molar-refractivity contribution is -0.136. The Hall–Kier alpha value is -2.76. The number of carbonyl (C=O) groups excluding carboxylic acids is 2. The van der Waals surface area contributed by atoms with Gasteiger partial charge in [0.25, 0.3) is 5.91 Å². The van der Waals surface area contributed by atoms with Gasteiger partial charge in [0, 0.05) is 11.6 Å². The first-order chi connectivity index (χ1) is 12.1. The number of nitrogens with zero attached hydrogens (tertiary/aromatic N) is 1. The van der Waals surface area contributed by atoms with Gasteiger partial charge in [-0.1, -0.05) is 12.8 Å². The van der Waals surface area contributed by atoms with E-state index >= 15 is 0 Å². The zero-order valence-electron chi connectivity index (χ0n) is 14.0. The van der Waals surface area contributed by atoms with Crippen molar-refractivity contribution in [3.63, 3.8) is 0 Å². The summed E-state index contributed by atoms with van der Waals surface area (Å²) in [6.45, 7) is 0.410. The van der Waals surface area contributed by atoms with Crippen molar-refractivity contribution in [3.05, 3.63) is 54.0 Å². The van der Waals surface area contributed by atoms with E-state index in [4.69, 9.17) is 14.9 Å². The van der Waals surface area contributed by atoms with E-state index in [1.807, 2.05) is 17.0 Å². The van der Waals surface area contributed by atoms with Gasteiger partial charge in [-0.25, -0.2) is 0 Å². The summed E-state index contributed by atoms with van der Waals surface area (Å²) in [5.41, 5.74) is 5.62. The fourth-order valence-electron chi connectivity index (χ4n) is 3.15. The minimum atomic E-state index is -0.492. The standard InChI is InChI=1S/C19H22N2O4/c20-19(23)14-7-9-16(10-8-14)25-13-18(22)21(15-4-1-2-5-15)12-17-6-3-11-24-17/h3,6-11,15H,1-2,4-5,12-13H2,(H2,20,23). The van der Waals surface area contributed by atoms with Crippen molar-refractivity contribution >= 4 is 11.8 Å². The molecule has 25 heavy (non-hydrogen) atoms. The molecule has 1 aliphatic rings. The number of furan rings is 1. The van der Waals surface area contributed by atoms with E-state index in [9.17, 15) is 9.59 Å². The normalized spacial score (nSPS) is 14.4. The molecule has 1 fully saturated rings. The van der Waals surface area contributed by atoms with Crippen molar-refractivity contribution in [2.45, 2.75) is 38.3 Å². The van der Waals surface area contributed by atoms with Gasteiger partial charge < -0.3 is 19.8 Å². The van der Waals surface area contributed by atoms with Crippen LogP contribution in [0.25, 0.3) is 0 Å². The lowest BCUT2D eigenvalue weighted by Crippen LogP contribution is -2.41. The van der Waals surface area contributed by atoms with E-state index in [1.54, 1.807) is 30.5 Å². The summed E-state index contributed by atoms with van der Waals surface area (Å²) < 4.78 is 11.0. The summed E-state index contributed by atoms with van der Waals surface area (Å²) >= 11 is 0. The van der Waals surface area contributed by atoms with Crippen LogP contribution in [0.15, 0.2) is 47.1 Å². The highest BCUT2D eigenvalue weighted by atomic mass is 16.5. The van der Waals surface area contributed by atoms with E-state index in [1.165, 1.54) is 0 Å². The number of carbonyl (C=O) groups is 2. The van der Waals surface area contributed by atoms with Gasteiger partial charge in [-0.15, -0.1) is 0 Å². The van der Waals surface area contributed by atoms with Crippen LogP contribution in [0.1, 0.15) is 41.8 Å². The maximum Gasteiger partial charge on any atom is 0.261 e. The fraction of sp³-hybridized carbons (Fsp3) is 0.368. The van der Waals surface area contributed by atoms with E-state index in [0.717, 1.165) is 31.4 Å². The maximum absolute atomic E-state index is 12.7. The Morgan fingerprint density at radius 3 is 2.48 bits per heavy atom. The molecule has 1 aromatic carbocycles. The van der Waals surface area contributed by atoms with Crippen molar-refractivity contribution < 1.29 is 18.7 Å². The first-order valence-electron chi connectivity index (χ1n) is 8.48. The molecule has 1 aliphatic carbocycles. The van der Waals surface area contributed by atoms with Crippen LogP contribution in [-0.2, 0) is 11.3 Å². The van der Waals surface area contributed by atoms with Gasteiger partial charge >= 0.3 is 0 Å². The molecule has 0 radical (unpaired) electrons. The zero-order chi connectivity index (χ0) is 17.6. The number of hydrogen-bond donors (Lipinski definition) is 1. The highest BCUT2D eigenvalue weighted by Gasteiger charge is 2.27. The van der Waals surface area contributed by atoms with E-state index < -0.39 is 5.91 Å². The van der Waals surface area contributed by atoms with Crippen molar-refractivity contribution in [2.24, 2.45) is 5.73 Å². The molecule has 3 rings (SSSR count). The molecule has 132 valence electrons. The molecule has 0 bridgehead atoms. The Kier molecular flexibility index (Phi) is 5.38. The molecule has 6 heteroatoms. The topological polar surface area (TPSA) is 85.8 Å². The SMILES string of the molecule is NC(=O)c1ccc(OCC(=O)N(Cc2ccco2)C2CCCC2)cc1. The third-order valence-electron chi connectivity index (χ3n) is 4.49. The van der Waals surface area contributed by atoms with Gasteiger partial charge in [-0.3, -0.25) is 9.59 Å². The number of benzene rings is 1. The number of ether oxygens (including phenoxy) is 1. The van der Waals surface area contributed by atoms with Crippen LogP contribution < -0.4 is 10.5 Å². The Labute approximate surface area is 146 Å². The maximum atomic E-state index is 12.7. The molecule has 0 atom stereocenters. The molecule has 0 saturated heterocycles. The molecular weight excluding hydrogens is 320 g/mol. The van der Waals surface area contributed by atoms with Crippen LogP contribution in [0.2, 0.25) is 0 Å². The second kappa shape index (κ2) is 7.88. The second-order valence-corrected chi connectivity index (χ2v) is 6.22. The smallest absolute Gasteiger partial charge is 0.261 e. The minimum absolute atomic E-state index is 0.0485. The third kappa shape index (κ3) is 4.41. The Morgan fingerprint density at radius 2 is 1.88 bits per heavy atom. The minimum Gasteiger partial charge on any atom is -0.484 e. The summed E-state index contributed by atoms with van der Waals surface area (Å²) in [6.07, 6.45) is 5.92. The quantitative estimate of drug-likeness (QED) is 0.838. The predicted octanol–water partition coefficient (Wildman–Crippen LogP) is 2.73. The summed E-state index contributed by atoms with van der Waals surface area (Å²) in [7, 11) is 0. The highest BCUT2D eigenvalue weighted by molar-refractivity contribution is 5.92. The van der Waals surface area contributed by atoms with Gasteiger partial charge in [-0.2, -0.15) is 0 Å². The molecule has 0 unspecified atom stereocenters. The second-order valence-electron chi connectivity index (χ2n) is 6.22. The summed E-state index contributed by atoms with van der Waals surface area (Å²) in [5, 5.41) is 0. The molecule has 2 aromatic rings. The zero-order valence-corrected chi connectivity index (χ0v) is 14.0. The molecular formula is C19H22N2O4. The van der Waals surface area contributed by atoms with Crippen LogP contribution in [-0.4, -0.2) is 29.4 Å². The largest absolute Gasteiger partial charge is 0.484 e. The molecule has 2 amide bonds. The molecule has 6 nitrogen and oxygen atoms in total. The fourth-order valence-corrected chi connectivity index (χ4v) is 3.15. The number of nitrogens with two attached hydrogens (primary N) is 1. The number of amides is 2. The summed E-state index contributed by atoms with van der Waals surface area (Å²) in [4.78, 5) is 25.6. The Balaban J connectivity index is 1.62. The first-order valence-corrected chi connectivity index (χ1v) is 8.48. The highest BCUT2D eigenvalue weighted by Crippen LogP contribution is 2.25. The molecule has 1 aromatic heterocycles. The number of rotatable bonds is 7. The average Bonchev–Trinajstić information content (AvgIpc) is 3.31. The lowest BCUT2D eigenvalue weighted by atomic mass is 10.2. The van der Waals surface area contributed by atoms with Crippen LogP contribution >= 0.6 is 0 Å². The molecule has 1 saturated carbocycles. The Morgan fingerprint density at radius 1 is 1.16 bits per heavy atom. The molecule has 2 N–H and O–H groups in total. The van der Waals surface area contributed by atoms with Crippen LogP contribution in [0.3, 0.4) is 0 Å². The van der Waals surface area contributed by atoms with E-state index in [-0.39, 0.29) is 18.6 Å². The van der Waals surface area contributed by atoms with Crippen molar-refractivity contribution in [1.82, 2.24) is 4.90 Å². The average molecular weight is 342 g/mol. The van der Waals surface area contributed by atoms with Crippen molar-refractivity contribution in [1.29, 1.82) is 0 Å². The summed E-state index contributed by atoms with van der Waals surface area (Å²) in [6, 6.07) is 10.4. The van der Waals surface area contributed by atoms with Crippen LogP contribution in [0, 0.1) is 0 Å². The number of hydrogen-bond acceptors (Lipinski definition) is 4. The van der Waals surface area contributed by atoms with E-state index in [0.29, 0.717) is 17.9 Å². The number of primary amides is 1. The molecule has 1 heterocycles. The predicted molar refractivity (Wildman–Crippen MR) is 92.0 cm³/mol. The van der Waals surface area contributed by atoms with Crippen molar-refractivity contribution in [3.8, 4) is 5.75 Å². The van der Waals surface area contributed by atoms with Gasteiger partial charge in [0.05, 0.1) is 12.8 Å². The third-order valence-corrected chi connectivity index (χ3v) is 4.49. The molecule has 0 aliphatic heterocycles. The monoisotopic (exact) mass is 342 g/mol. The van der Waals surface area contributed by atoms with Gasteiger partial charge in [0.2, 0.25) is 5.91 Å². The van der Waals surface area contributed by atoms with Crippen LogP contribution in [0.4, 0.5) is 0 Å². The van der Waals surface area contributed by atoms with Gasteiger partial charge in [0.15, 0.2) is 6.61 Å². The van der Waals surface area contributed by atoms with E-state index in [2.05, 4.69) is 0 Å². The Bertz CT molecular complexity index is 704. The lowest BCUT2D eigenvalue weighted by Gasteiger charge is -2.28. The van der Waals surface area contributed by atoms with Crippen LogP contribution in [0.5, 0.6) is 5.75 Å².